The van der Waals surface area contributed by atoms with E-state index in [9.17, 15) is 9.59 Å². The molecule has 7 heteroatoms. The standard InChI is InChI=1S/C17H21ClN4O2/c1-11(2)9-14-10-15(22-21-14)17(24)20-8-7-19-16(23)12-3-5-13(18)6-4-12/h3-6,10-11H,7-9H2,1-2H3,(H,19,23)(H,20,24)(H,21,22). The van der Waals surface area contributed by atoms with Crippen molar-refractivity contribution in [1.82, 2.24) is 20.8 Å². The van der Waals surface area contributed by atoms with Crippen LogP contribution in [0.5, 0.6) is 0 Å². The fourth-order valence-corrected chi connectivity index (χ4v) is 2.29. The molecule has 1 aromatic carbocycles. The first kappa shape index (κ1) is 18.0. The number of benzene rings is 1. The Labute approximate surface area is 146 Å². The molecule has 2 amide bonds. The SMILES string of the molecule is CC(C)Cc1cc(C(=O)NCCNC(=O)c2ccc(Cl)cc2)n[nH]1. The number of aromatic nitrogens is 2. The van der Waals surface area contributed by atoms with Gasteiger partial charge in [-0.05, 0) is 42.7 Å². The topological polar surface area (TPSA) is 86.9 Å². The highest BCUT2D eigenvalue weighted by molar-refractivity contribution is 6.30. The molecule has 2 aromatic rings. The maximum Gasteiger partial charge on any atom is 0.271 e. The summed E-state index contributed by atoms with van der Waals surface area (Å²) in [5.74, 6) is 0.0198. The summed E-state index contributed by atoms with van der Waals surface area (Å²) in [6, 6.07) is 8.36. The maximum absolute atomic E-state index is 12.0. The molecule has 0 aliphatic rings. The summed E-state index contributed by atoms with van der Waals surface area (Å²) in [5, 5.41) is 12.9. The molecule has 0 spiro atoms. The first-order valence-electron chi connectivity index (χ1n) is 7.82. The van der Waals surface area contributed by atoms with Crippen LogP contribution in [0, 0.1) is 5.92 Å². The van der Waals surface area contributed by atoms with Crippen molar-refractivity contribution in [1.29, 1.82) is 0 Å². The van der Waals surface area contributed by atoms with E-state index >= 15 is 0 Å². The molecular weight excluding hydrogens is 328 g/mol. The zero-order valence-corrected chi connectivity index (χ0v) is 14.5. The normalized spacial score (nSPS) is 10.7. The summed E-state index contributed by atoms with van der Waals surface area (Å²) in [5.41, 5.74) is 1.82. The van der Waals surface area contributed by atoms with Crippen LogP contribution in [0.4, 0.5) is 0 Å². The third kappa shape index (κ3) is 5.38. The minimum atomic E-state index is -0.262. The summed E-state index contributed by atoms with van der Waals surface area (Å²) >= 11 is 5.78. The molecule has 0 fully saturated rings. The van der Waals surface area contributed by atoms with Crippen LogP contribution in [0.2, 0.25) is 5.02 Å². The first-order valence-corrected chi connectivity index (χ1v) is 8.19. The lowest BCUT2D eigenvalue weighted by Crippen LogP contribution is -2.34. The Balaban J connectivity index is 1.73. The van der Waals surface area contributed by atoms with E-state index in [4.69, 9.17) is 11.6 Å². The summed E-state index contributed by atoms with van der Waals surface area (Å²) in [6.45, 7) is 4.86. The molecular formula is C17H21ClN4O2. The van der Waals surface area contributed by atoms with Crippen LogP contribution in [-0.2, 0) is 6.42 Å². The van der Waals surface area contributed by atoms with Crippen molar-refractivity contribution in [3.05, 3.63) is 52.3 Å². The van der Waals surface area contributed by atoms with Gasteiger partial charge in [-0.2, -0.15) is 5.10 Å². The number of carbonyl (C=O) groups excluding carboxylic acids is 2. The first-order chi connectivity index (χ1) is 11.5. The zero-order chi connectivity index (χ0) is 17.5. The van der Waals surface area contributed by atoms with Crippen LogP contribution in [0.25, 0.3) is 0 Å². The van der Waals surface area contributed by atoms with Gasteiger partial charge >= 0.3 is 0 Å². The number of nitrogens with one attached hydrogen (secondary N) is 3. The summed E-state index contributed by atoms with van der Waals surface area (Å²) in [7, 11) is 0. The summed E-state index contributed by atoms with van der Waals surface area (Å²) < 4.78 is 0. The molecule has 24 heavy (non-hydrogen) atoms. The van der Waals surface area contributed by atoms with E-state index in [1.165, 1.54) is 0 Å². The molecule has 0 saturated carbocycles. The highest BCUT2D eigenvalue weighted by atomic mass is 35.5. The number of hydrogen-bond donors (Lipinski definition) is 3. The largest absolute Gasteiger partial charge is 0.350 e. The van der Waals surface area contributed by atoms with E-state index in [0.717, 1.165) is 12.1 Å². The average Bonchev–Trinajstić information content (AvgIpc) is 2.99. The van der Waals surface area contributed by atoms with Crippen molar-refractivity contribution in [2.24, 2.45) is 5.92 Å². The highest BCUT2D eigenvalue weighted by Gasteiger charge is 2.11. The third-order valence-electron chi connectivity index (χ3n) is 3.29. The third-order valence-corrected chi connectivity index (χ3v) is 3.55. The Morgan fingerprint density at radius 1 is 1.12 bits per heavy atom. The fraction of sp³-hybridized carbons (Fsp3) is 0.353. The molecule has 6 nitrogen and oxygen atoms in total. The van der Waals surface area contributed by atoms with Gasteiger partial charge in [0.05, 0.1) is 0 Å². The number of nitrogens with zero attached hydrogens (tertiary/aromatic N) is 1. The summed E-state index contributed by atoms with van der Waals surface area (Å²) in [4.78, 5) is 23.9. The second-order valence-electron chi connectivity index (χ2n) is 5.90. The Morgan fingerprint density at radius 2 is 1.75 bits per heavy atom. The lowest BCUT2D eigenvalue weighted by molar-refractivity contribution is 0.0925. The van der Waals surface area contributed by atoms with Crippen molar-refractivity contribution in [3.8, 4) is 0 Å². The van der Waals surface area contributed by atoms with E-state index in [2.05, 4.69) is 34.7 Å². The van der Waals surface area contributed by atoms with Gasteiger partial charge in [0.2, 0.25) is 0 Å². The van der Waals surface area contributed by atoms with Crippen molar-refractivity contribution in [2.45, 2.75) is 20.3 Å². The van der Waals surface area contributed by atoms with Crippen LogP contribution < -0.4 is 10.6 Å². The lowest BCUT2D eigenvalue weighted by atomic mass is 10.1. The fourth-order valence-electron chi connectivity index (χ4n) is 2.17. The molecule has 3 N–H and O–H groups in total. The van der Waals surface area contributed by atoms with Crippen molar-refractivity contribution in [3.63, 3.8) is 0 Å². The van der Waals surface area contributed by atoms with Gasteiger partial charge in [0.1, 0.15) is 5.69 Å². The smallest absolute Gasteiger partial charge is 0.271 e. The molecule has 0 aliphatic heterocycles. The minimum Gasteiger partial charge on any atom is -0.350 e. The number of carbonyl (C=O) groups is 2. The van der Waals surface area contributed by atoms with E-state index in [1.807, 2.05) is 0 Å². The van der Waals surface area contributed by atoms with E-state index in [0.29, 0.717) is 35.3 Å². The number of H-pyrrole nitrogens is 1. The molecule has 2 rings (SSSR count). The molecule has 128 valence electrons. The number of aromatic amines is 1. The van der Waals surface area contributed by atoms with Crippen LogP contribution in [0.3, 0.4) is 0 Å². The highest BCUT2D eigenvalue weighted by Crippen LogP contribution is 2.09. The predicted molar refractivity (Wildman–Crippen MR) is 93.2 cm³/mol. The monoisotopic (exact) mass is 348 g/mol. The van der Waals surface area contributed by atoms with Crippen LogP contribution in [0.15, 0.2) is 30.3 Å². The predicted octanol–water partition coefficient (Wildman–Crippen LogP) is 2.42. The van der Waals surface area contributed by atoms with Gasteiger partial charge in [-0.25, -0.2) is 0 Å². The van der Waals surface area contributed by atoms with Gasteiger partial charge in [-0.3, -0.25) is 14.7 Å². The average molecular weight is 349 g/mol. The Bertz CT molecular complexity index is 695. The van der Waals surface area contributed by atoms with Crippen LogP contribution >= 0.6 is 11.6 Å². The Hall–Kier alpha value is -2.34. The Morgan fingerprint density at radius 3 is 2.38 bits per heavy atom. The lowest BCUT2D eigenvalue weighted by Gasteiger charge is -2.06. The van der Waals surface area contributed by atoms with Gasteiger partial charge < -0.3 is 10.6 Å². The zero-order valence-electron chi connectivity index (χ0n) is 13.7. The number of halogens is 1. The van der Waals surface area contributed by atoms with Gasteiger partial charge in [0, 0.05) is 29.4 Å². The van der Waals surface area contributed by atoms with Gasteiger partial charge in [0.25, 0.3) is 11.8 Å². The van der Waals surface area contributed by atoms with Gasteiger partial charge in [-0.1, -0.05) is 25.4 Å². The molecule has 1 heterocycles. The molecule has 1 aromatic heterocycles. The van der Waals surface area contributed by atoms with Crippen molar-refractivity contribution < 1.29 is 9.59 Å². The molecule has 0 aliphatic carbocycles. The number of hydrogen-bond acceptors (Lipinski definition) is 3. The number of amides is 2. The molecule has 0 bridgehead atoms. The Kier molecular flexibility index (Phi) is 6.37. The second kappa shape index (κ2) is 8.49. The van der Waals surface area contributed by atoms with E-state index in [1.54, 1.807) is 30.3 Å². The molecule has 0 unspecified atom stereocenters. The second-order valence-corrected chi connectivity index (χ2v) is 6.33. The quantitative estimate of drug-likeness (QED) is 0.671. The molecule has 0 atom stereocenters. The molecule has 0 radical (unpaired) electrons. The van der Waals surface area contributed by atoms with Gasteiger partial charge in [0.15, 0.2) is 0 Å². The molecule has 0 saturated heterocycles. The minimum absolute atomic E-state index is 0.208. The van der Waals surface area contributed by atoms with Crippen LogP contribution in [-0.4, -0.2) is 35.1 Å². The van der Waals surface area contributed by atoms with Crippen LogP contribution in [0.1, 0.15) is 40.4 Å². The van der Waals surface area contributed by atoms with Crippen molar-refractivity contribution in [2.75, 3.05) is 13.1 Å². The summed E-state index contributed by atoms with van der Waals surface area (Å²) in [6.07, 6.45) is 0.845. The number of rotatable bonds is 7. The maximum atomic E-state index is 12.0. The van der Waals surface area contributed by atoms with Gasteiger partial charge in [-0.15, -0.1) is 0 Å². The van der Waals surface area contributed by atoms with E-state index in [-0.39, 0.29) is 11.8 Å². The van der Waals surface area contributed by atoms with Crippen molar-refractivity contribution >= 4 is 23.4 Å². The van der Waals surface area contributed by atoms with E-state index < -0.39 is 0 Å².